The highest BCUT2D eigenvalue weighted by Crippen LogP contribution is 2.32. The molecule has 0 aliphatic carbocycles. The van der Waals surface area contributed by atoms with Crippen molar-refractivity contribution in [3.63, 3.8) is 0 Å². The molecule has 2 saturated heterocycles. The second-order valence-corrected chi connectivity index (χ2v) is 6.16. The third-order valence-corrected chi connectivity index (χ3v) is 4.82. The zero-order valence-corrected chi connectivity index (χ0v) is 12.4. The molecule has 2 heterocycles. The number of hydrogen-bond donors (Lipinski definition) is 1. The van der Waals surface area contributed by atoms with Gasteiger partial charge in [0, 0.05) is 33.4 Å². The minimum Gasteiger partial charge on any atom is -0.381 e. The van der Waals surface area contributed by atoms with E-state index in [1.54, 1.807) is 0 Å². The second-order valence-electron chi connectivity index (χ2n) is 6.16. The summed E-state index contributed by atoms with van der Waals surface area (Å²) in [7, 11) is 1.98. The van der Waals surface area contributed by atoms with E-state index in [1.807, 2.05) is 11.9 Å². The molecular formula is C15H28N2O2. The fourth-order valence-corrected chi connectivity index (χ4v) is 3.41. The van der Waals surface area contributed by atoms with Gasteiger partial charge in [-0.1, -0.05) is 6.92 Å². The minimum absolute atomic E-state index is 0.155. The highest BCUT2D eigenvalue weighted by Gasteiger charge is 2.39. The molecule has 2 fully saturated rings. The molecule has 4 nitrogen and oxygen atoms in total. The quantitative estimate of drug-likeness (QED) is 0.843. The Morgan fingerprint density at radius 3 is 2.74 bits per heavy atom. The van der Waals surface area contributed by atoms with E-state index in [4.69, 9.17) is 4.74 Å². The van der Waals surface area contributed by atoms with E-state index in [0.717, 1.165) is 65.0 Å². The van der Waals surface area contributed by atoms with Crippen LogP contribution in [0.15, 0.2) is 0 Å². The summed E-state index contributed by atoms with van der Waals surface area (Å²) in [6.45, 7) is 6.65. The van der Waals surface area contributed by atoms with Crippen LogP contribution in [0.25, 0.3) is 0 Å². The van der Waals surface area contributed by atoms with Crippen molar-refractivity contribution < 1.29 is 9.53 Å². The van der Waals surface area contributed by atoms with Crippen molar-refractivity contribution in [2.75, 3.05) is 39.9 Å². The van der Waals surface area contributed by atoms with Crippen LogP contribution in [-0.4, -0.2) is 50.7 Å². The lowest BCUT2D eigenvalue weighted by Crippen LogP contribution is -2.51. The van der Waals surface area contributed by atoms with Crippen LogP contribution in [0.2, 0.25) is 0 Å². The van der Waals surface area contributed by atoms with Crippen molar-refractivity contribution in [3.05, 3.63) is 0 Å². The predicted molar refractivity (Wildman–Crippen MR) is 76.0 cm³/mol. The molecule has 1 N–H and O–H groups in total. The molecular weight excluding hydrogens is 240 g/mol. The van der Waals surface area contributed by atoms with Crippen LogP contribution in [0.4, 0.5) is 0 Å². The summed E-state index contributed by atoms with van der Waals surface area (Å²) < 4.78 is 5.39. The molecule has 0 radical (unpaired) electrons. The Morgan fingerprint density at radius 2 is 2.16 bits per heavy atom. The average Bonchev–Trinajstić information content (AvgIpc) is 2.48. The molecule has 0 aromatic rings. The van der Waals surface area contributed by atoms with E-state index in [9.17, 15) is 4.79 Å². The first-order valence-electron chi connectivity index (χ1n) is 7.72. The fourth-order valence-electron chi connectivity index (χ4n) is 3.41. The van der Waals surface area contributed by atoms with Gasteiger partial charge in [0.05, 0.1) is 5.41 Å². The summed E-state index contributed by atoms with van der Waals surface area (Å²) in [4.78, 5) is 14.8. The molecule has 0 saturated carbocycles. The Bertz CT molecular complexity index is 295. The number of carbonyl (C=O) groups is 1. The third kappa shape index (κ3) is 3.48. The van der Waals surface area contributed by atoms with Gasteiger partial charge in [0.1, 0.15) is 0 Å². The Hall–Kier alpha value is -0.610. The average molecular weight is 268 g/mol. The number of hydrogen-bond acceptors (Lipinski definition) is 3. The van der Waals surface area contributed by atoms with Gasteiger partial charge in [-0.05, 0) is 44.6 Å². The topological polar surface area (TPSA) is 41.6 Å². The number of carbonyl (C=O) groups excluding carboxylic acids is 1. The van der Waals surface area contributed by atoms with Crippen molar-refractivity contribution >= 4 is 5.91 Å². The summed E-state index contributed by atoms with van der Waals surface area (Å²) in [5.74, 6) is 0.960. The SMILES string of the molecule is CCC1(C(=O)N(C)CC2CCOCC2)CCCNC1. The first-order chi connectivity index (χ1) is 9.18. The van der Waals surface area contributed by atoms with Crippen molar-refractivity contribution in [1.29, 1.82) is 0 Å². The highest BCUT2D eigenvalue weighted by molar-refractivity contribution is 5.83. The minimum atomic E-state index is -0.155. The summed E-state index contributed by atoms with van der Waals surface area (Å²) >= 11 is 0. The first-order valence-corrected chi connectivity index (χ1v) is 7.72. The lowest BCUT2D eigenvalue weighted by Gasteiger charge is -2.39. The van der Waals surface area contributed by atoms with Crippen molar-refractivity contribution in [2.45, 2.75) is 39.0 Å². The van der Waals surface area contributed by atoms with E-state index in [0.29, 0.717) is 11.8 Å². The molecule has 0 bridgehead atoms. The van der Waals surface area contributed by atoms with Crippen LogP contribution in [-0.2, 0) is 9.53 Å². The van der Waals surface area contributed by atoms with Gasteiger partial charge >= 0.3 is 0 Å². The van der Waals surface area contributed by atoms with Crippen LogP contribution in [0.3, 0.4) is 0 Å². The molecule has 1 atom stereocenters. The molecule has 110 valence electrons. The van der Waals surface area contributed by atoms with E-state index < -0.39 is 0 Å². The summed E-state index contributed by atoms with van der Waals surface area (Å²) in [5, 5.41) is 3.40. The Kier molecular flexibility index (Phi) is 5.22. The van der Waals surface area contributed by atoms with Crippen LogP contribution < -0.4 is 5.32 Å². The monoisotopic (exact) mass is 268 g/mol. The number of ether oxygens (including phenoxy) is 1. The lowest BCUT2D eigenvalue weighted by atomic mass is 9.77. The van der Waals surface area contributed by atoms with Gasteiger partial charge in [-0.2, -0.15) is 0 Å². The molecule has 0 spiro atoms. The number of nitrogens with zero attached hydrogens (tertiary/aromatic N) is 1. The second kappa shape index (κ2) is 6.71. The standard InChI is InChI=1S/C15H28N2O2/c1-3-15(7-4-8-16-12-15)14(18)17(2)11-13-5-9-19-10-6-13/h13,16H,3-12H2,1-2H3. The summed E-state index contributed by atoms with van der Waals surface area (Å²) in [6.07, 6.45) is 5.28. The van der Waals surface area contributed by atoms with Crippen LogP contribution in [0, 0.1) is 11.3 Å². The number of amides is 1. The van der Waals surface area contributed by atoms with Gasteiger partial charge in [0.25, 0.3) is 0 Å². The van der Waals surface area contributed by atoms with Gasteiger partial charge < -0.3 is 15.0 Å². The maximum absolute atomic E-state index is 12.8. The maximum atomic E-state index is 12.8. The van der Waals surface area contributed by atoms with Gasteiger partial charge in [0.15, 0.2) is 0 Å². The van der Waals surface area contributed by atoms with E-state index in [-0.39, 0.29) is 5.41 Å². The molecule has 2 aliphatic rings. The normalized spacial score (nSPS) is 29.2. The van der Waals surface area contributed by atoms with Crippen molar-refractivity contribution in [1.82, 2.24) is 10.2 Å². The van der Waals surface area contributed by atoms with Gasteiger partial charge in [-0.25, -0.2) is 0 Å². The van der Waals surface area contributed by atoms with E-state index >= 15 is 0 Å². The first kappa shape index (κ1) is 14.8. The molecule has 1 amide bonds. The van der Waals surface area contributed by atoms with Crippen LogP contribution >= 0.6 is 0 Å². The zero-order chi connectivity index (χ0) is 13.7. The highest BCUT2D eigenvalue weighted by atomic mass is 16.5. The van der Waals surface area contributed by atoms with Crippen molar-refractivity contribution in [2.24, 2.45) is 11.3 Å². The van der Waals surface area contributed by atoms with E-state index in [2.05, 4.69) is 12.2 Å². The molecule has 19 heavy (non-hydrogen) atoms. The van der Waals surface area contributed by atoms with Gasteiger partial charge in [-0.3, -0.25) is 4.79 Å². The smallest absolute Gasteiger partial charge is 0.229 e. The number of rotatable bonds is 4. The van der Waals surface area contributed by atoms with Crippen molar-refractivity contribution in [3.8, 4) is 0 Å². The van der Waals surface area contributed by atoms with E-state index in [1.165, 1.54) is 0 Å². The van der Waals surface area contributed by atoms with Gasteiger partial charge in [0.2, 0.25) is 5.91 Å². The molecule has 0 aromatic heterocycles. The number of nitrogens with one attached hydrogen (secondary N) is 1. The fraction of sp³-hybridized carbons (Fsp3) is 0.933. The summed E-state index contributed by atoms with van der Waals surface area (Å²) in [6, 6.07) is 0. The Morgan fingerprint density at radius 1 is 1.42 bits per heavy atom. The third-order valence-electron chi connectivity index (χ3n) is 4.82. The van der Waals surface area contributed by atoms with Crippen LogP contribution in [0.5, 0.6) is 0 Å². The largest absolute Gasteiger partial charge is 0.381 e. The molecule has 2 rings (SSSR count). The van der Waals surface area contributed by atoms with Gasteiger partial charge in [-0.15, -0.1) is 0 Å². The molecule has 1 unspecified atom stereocenters. The maximum Gasteiger partial charge on any atom is 0.229 e. The Labute approximate surface area is 116 Å². The lowest BCUT2D eigenvalue weighted by molar-refractivity contribution is -0.143. The molecule has 2 aliphatic heterocycles. The predicted octanol–water partition coefficient (Wildman–Crippen LogP) is 1.65. The number of piperidine rings is 1. The molecule has 0 aromatic carbocycles. The zero-order valence-electron chi connectivity index (χ0n) is 12.4. The Balaban J connectivity index is 1.92. The summed E-state index contributed by atoms with van der Waals surface area (Å²) in [5.41, 5.74) is -0.155. The van der Waals surface area contributed by atoms with Crippen LogP contribution in [0.1, 0.15) is 39.0 Å². The molecule has 4 heteroatoms.